The van der Waals surface area contributed by atoms with Gasteiger partial charge in [-0.1, -0.05) is 29.8 Å². The zero-order valence-corrected chi connectivity index (χ0v) is 16.5. The van der Waals surface area contributed by atoms with E-state index in [1.54, 1.807) is 41.3 Å². The predicted molar refractivity (Wildman–Crippen MR) is 112 cm³/mol. The highest BCUT2D eigenvalue weighted by Crippen LogP contribution is 2.22. The van der Waals surface area contributed by atoms with Gasteiger partial charge in [-0.25, -0.2) is 9.18 Å². The Balaban J connectivity index is 1.56. The molecule has 3 rings (SSSR count). The van der Waals surface area contributed by atoms with Gasteiger partial charge in [-0.2, -0.15) is 0 Å². The van der Waals surface area contributed by atoms with Crippen molar-refractivity contribution in [2.45, 2.75) is 6.54 Å². The highest BCUT2D eigenvalue weighted by atomic mass is 35.5. The lowest BCUT2D eigenvalue weighted by Gasteiger charge is -2.34. The summed E-state index contributed by atoms with van der Waals surface area (Å²) in [6.07, 6.45) is 3.11. The van der Waals surface area contributed by atoms with E-state index in [-0.39, 0.29) is 11.7 Å². The Labute approximate surface area is 173 Å². The van der Waals surface area contributed by atoms with E-state index in [9.17, 15) is 14.0 Å². The van der Waals surface area contributed by atoms with Crippen LogP contribution in [-0.4, -0.2) is 47.9 Å². The van der Waals surface area contributed by atoms with Gasteiger partial charge in [0.25, 0.3) is 0 Å². The lowest BCUT2D eigenvalue weighted by Crippen LogP contribution is -2.47. The molecule has 2 aromatic carbocycles. The van der Waals surface area contributed by atoms with Gasteiger partial charge in [-0.3, -0.25) is 9.69 Å². The number of rotatable bonds is 5. The van der Waals surface area contributed by atoms with Gasteiger partial charge in [-0.15, -0.1) is 0 Å². The Hall–Kier alpha value is -2.90. The fourth-order valence-electron chi connectivity index (χ4n) is 3.16. The molecule has 0 atom stereocenters. The van der Waals surface area contributed by atoms with Crippen molar-refractivity contribution in [2.75, 3.05) is 31.5 Å². The van der Waals surface area contributed by atoms with Crippen LogP contribution in [0.4, 0.5) is 14.9 Å². The van der Waals surface area contributed by atoms with Gasteiger partial charge in [0.1, 0.15) is 5.82 Å². The van der Waals surface area contributed by atoms with Crippen molar-refractivity contribution in [2.24, 2.45) is 5.73 Å². The molecule has 152 valence electrons. The zero-order valence-electron chi connectivity index (χ0n) is 15.8. The third-order valence-corrected chi connectivity index (χ3v) is 4.92. The summed E-state index contributed by atoms with van der Waals surface area (Å²) in [5.74, 6) is -0.350. The third kappa shape index (κ3) is 6.04. The van der Waals surface area contributed by atoms with Crippen LogP contribution in [0.5, 0.6) is 0 Å². The van der Waals surface area contributed by atoms with Crippen molar-refractivity contribution >= 4 is 35.3 Å². The van der Waals surface area contributed by atoms with Gasteiger partial charge in [0.05, 0.1) is 5.69 Å². The number of nitrogens with one attached hydrogen (secondary N) is 1. The van der Waals surface area contributed by atoms with Gasteiger partial charge in [0.15, 0.2) is 0 Å². The molecule has 1 aliphatic rings. The molecular weight excluding hydrogens is 395 g/mol. The highest BCUT2D eigenvalue weighted by molar-refractivity contribution is 6.31. The zero-order chi connectivity index (χ0) is 20.8. The van der Waals surface area contributed by atoms with Gasteiger partial charge in [0, 0.05) is 43.8 Å². The van der Waals surface area contributed by atoms with Crippen molar-refractivity contribution in [3.05, 3.63) is 70.5 Å². The number of hydrogen-bond donors (Lipinski definition) is 2. The summed E-state index contributed by atoms with van der Waals surface area (Å²) >= 11 is 5.95. The van der Waals surface area contributed by atoms with E-state index in [0.29, 0.717) is 29.4 Å². The first-order chi connectivity index (χ1) is 13.9. The number of amides is 3. The molecule has 1 heterocycles. The minimum absolute atomic E-state index is 0.105. The number of benzene rings is 2. The molecule has 0 saturated carbocycles. The van der Waals surface area contributed by atoms with E-state index in [4.69, 9.17) is 17.3 Å². The summed E-state index contributed by atoms with van der Waals surface area (Å²) in [6.45, 7) is 3.43. The first-order valence-electron chi connectivity index (χ1n) is 9.20. The molecule has 1 fully saturated rings. The van der Waals surface area contributed by atoms with E-state index in [1.165, 1.54) is 18.2 Å². The van der Waals surface area contributed by atoms with Crippen LogP contribution in [0.1, 0.15) is 11.1 Å². The van der Waals surface area contributed by atoms with Gasteiger partial charge < -0.3 is 16.0 Å². The molecule has 6 nitrogen and oxygen atoms in total. The fourth-order valence-corrected chi connectivity index (χ4v) is 3.33. The number of nitrogens with zero attached hydrogens (tertiary/aromatic N) is 2. The minimum Gasteiger partial charge on any atom is -0.351 e. The molecular formula is C21H22ClFN4O2. The van der Waals surface area contributed by atoms with Gasteiger partial charge >= 0.3 is 6.03 Å². The second-order valence-corrected chi connectivity index (χ2v) is 7.22. The number of anilines is 1. The van der Waals surface area contributed by atoms with E-state index in [2.05, 4.69) is 10.2 Å². The van der Waals surface area contributed by atoms with Crippen LogP contribution in [0, 0.1) is 5.82 Å². The van der Waals surface area contributed by atoms with Crippen molar-refractivity contribution < 1.29 is 14.0 Å². The molecule has 0 radical (unpaired) electrons. The number of carbonyl (C=O) groups excluding carboxylic acids is 2. The molecule has 0 unspecified atom stereocenters. The van der Waals surface area contributed by atoms with Crippen LogP contribution in [-0.2, 0) is 11.3 Å². The maximum atomic E-state index is 13.0. The Morgan fingerprint density at radius 1 is 1.10 bits per heavy atom. The fraction of sp³-hybridized carbons (Fsp3) is 0.238. The van der Waals surface area contributed by atoms with E-state index in [0.717, 1.165) is 25.2 Å². The number of halogens is 2. The average Bonchev–Trinajstić information content (AvgIpc) is 2.69. The number of carbonyl (C=O) groups is 2. The second-order valence-electron chi connectivity index (χ2n) is 6.78. The first kappa shape index (κ1) is 20.8. The molecule has 1 aliphatic heterocycles. The van der Waals surface area contributed by atoms with Crippen LogP contribution < -0.4 is 11.1 Å². The lowest BCUT2D eigenvalue weighted by molar-refractivity contribution is -0.127. The summed E-state index contributed by atoms with van der Waals surface area (Å²) in [5.41, 5.74) is 7.30. The summed E-state index contributed by atoms with van der Waals surface area (Å²) < 4.78 is 13.0. The highest BCUT2D eigenvalue weighted by Gasteiger charge is 2.19. The number of piperazine rings is 1. The summed E-state index contributed by atoms with van der Waals surface area (Å²) in [4.78, 5) is 27.7. The Morgan fingerprint density at radius 3 is 2.45 bits per heavy atom. The number of hydrogen-bond acceptors (Lipinski definition) is 3. The van der Waals surface area contributed by atoms with Crippen molar-refractivity contribution in [1.82, 2.24) is 9.80 Å². The smallest absolute Gasteiger partial charge is 0.316 e. The van der Waals surface area contributed by atoms with E-state index >= 15 is 0 Å². The number of urea groups is 1. The molecule has 0 bridgehead atoms. The van der Waals surface area contributed by atoms with Crippen LogP contribution in [0.3, 0.4) is 0 Å². The first-order valence-corrected chi connectivity index (χ1v) is 9.58. The molecule has 0 aliphatic carbocycles. The van der Waals surface area contributed by atoms with Crippen molar-refractivity contribution in [3.63, 3.8) is 0 Å². The van der Waals surface area contributed by atoms with Gasteiger partial charge in [0.2, 0.25) is 5.91 Å². The summed E-state index contributed by atoms with van der Waals surface area (Å²) in [6, 6.07) is 10.7. The number of nitrogens with two attached hydrogens (primary N) is 1. The van der Waals surface area contributed by atoms with Crippen LogP contribution >= 0.6 is 11.6 Å². The molecule has 0 spiro atoms. The third-order valence-electron chi connectivity index (χ3n) is 4.68. The molecule has 3 N–H and O–H groups in total. The quantitative estimate of drug-likeness (QED) is 0.734. The molecule has 3 amide bonds. The lowest BCUT2D eigenvalue weighted by atomic mass is 10.1. The maximum Gasteiger partial charge on any atom is 0.316 e. The standard InChI is InChI=1S/C21H22ClFN4O2/c22-17-5-3-16(19(13-17)25-21(24)29)4-8-20(28)27-11-9-26(10-12-27)14-15-1-6-18(23)7-2-15/h1-8,13H,9-12,14H2,(H3,24,25,29). The molecule has 8 heteroatoms. The topological polar surface area (TPSA) is 78.7 Å². The second kappa shape index (κ2) is 9.54. The van der Waals surface area contributed by atoms with Crippen molar-refractivity contribution in [1.29, 1.82) is 0 Å². The van der Waals surface area contributed by atoms with Crippen molar-refractivity contribution in [3.8, 4) is 0 Å². The minimum atomic E-state index is -0.703. The Kier molecular flexibility index (Phi) is 6.85. The SMILES string of the molecule is NC(=O)Nc1cc(Cl)ccc1C=CC(=O)N1CCN(Cc2ccc(F)cc2)CC1. The normalized spacial score (nSPS) is 14.9. The van der Waals surface area contributed by atoms with Crippen LogP contribution in [0.2, 0.25) is 5.02 Å². The average molecular weight is 417 g/mol. The molecule has 1 saturated heterocycles. The molecule has 29 heavy (non-hydrogen) atoms. The monoisotopic (exact) mass is 416 g/mol. The molecule has 2 aromatic rings. The molecule has 0 aromatic heterocycles. The van der Waals surface area contributed by atoms with E-state index < -0.39 is 6.03 Å². The predicted octanol–water partition coefficient (Wildman–Crippen LogP) is 3.33. The Morgan fingerprint density at radius 2 is 1.79 bits per heavy atom. The van der Waals surface area contributed by atoms with Gasteiger partial charge in [-0.05, 0) is 41.5 Å². The Bertz CT molecular complexity index is 909. The van der Waals surface area contributed by atoms with E-state index in [1.807, 2.05) is 0 Å². The van der Waals surface area contributed by atoms with Crippen LogP contribution in [0.15, 0.2) is 48.5 Å². The summed E-state index contributed by atoms with van der Waals surface area (Å²) in [7, 11) is 0. The summed E-state index contributed by atoms with van der Waals surface area (Å²) in [5, 5.41) is 2.95. The number of primary amides is 1. The maximum absolute atomic E-state index is 13.0. The largest absolute Gasteiger partial charge is 0.351 e. The van der Waals surface area contributed by atoms with Crippen LogP contribution in [0.25, 0.3) is 6.08 Å².